The Morgan fingerprint density at radius 1 is 1.24 bits per heavy atom. The summed E-state index contributed by atoms with van der Waals surface area (Å²) < 4.78 is 11.0. The highest BCUT2D eigenvalue weighted by Gasteiger charge is 2.37. The second-order valence-corrected chi connectivity index (χ2v) is 6.39. The van der Waals surface area contributed by atoms with Gasteiger partial charge < -0.3 is 14.8 Å². The molecule has 0 unspecified atom stereocenters. The number of likely N-dealkylation sites (tertiary alicyclic amines) is 1. The lowest BCUT2D eigenvalue weighted by atomic mass is 9.79. The molecule has 3 rings (SSSR count). The average molecular weight is 290 g/mol. The maximum absolute atomic E-state index is 5.56. The van der Waals surface area contributed by atoms with Crippen LogP contribution in [0.1, 0.15) is 24.8 Å². The highest BCUT2D eigenvalue weighted by atomic mass is 16.5. The molecule has 2 fully saturated rings. The molecule has 21 heavy (non-hydrogen) atoms. The number of rotatable bonds is 4. The molecular formula is C17H26N2O2. The SMILES string of the molecule is COc1cccc(CN2CCC[C@@]3(CCNC3)C2)c1OC. The van der Waals surface area contributed by atoms with E-state index in [1.165, 1.54) is 51.0 Å². The third kappa shape index (κ3) is 3.01. The van der Waals surface area contributed by atoms with Crippen LogP contribution in [0.4, 0.5) is 0 Å². The Kier molecular flexibility index (Phi) is 4.36. The molecule has 4 nitrogen and oxygen atoms in total. The molecule has 116 valence electrons. The molecule has 2 aliphatic heterocycles. The lowest BCUT2D eigenvalue weighted by molar-refractivity contribution is 0.0970. The van der Waals surface area contributed by atoms with Crippen LogP contribution in [0.5, 0.6) is 11.5 Å². The number of piperidine rings is 1. The minimum atomic E-state index is 0.504. The van der Waals surface area contributed by atoms with Gasteiger partial charge in [-0.2, -0.15) is 0 Å². The Bertz CT molecular complexity index is 484. The molecule has 1 spiro atoms. The minimum absolute atomic E-state index is 0.504. The molecule has 0 bridgehead atoms. The molecule has 1 aromatic rings. The first-order valence-corrected chi connectivity index (χ1v) is 7.89. The Hall–Kier alpha value is -1.26. The average Bonchev–Trinajstić information content (AvgIpc) is 2.94. The Labute approximate surface area is 127 Å². The molecule has 1 atom stereocenters. The summed E-state index contributed by atoms with van der Waals surface area (Å²) in [7, 11) is 3.42. The van der Waals surface area contributed by atoms with E-state index in [4.69, 9.17) is 9.47 Å². The van der Waals surface area contributed by atoms with Crippen molar-refractivity contribution in [3.05, 3.63) is 23.8 Å². The molecule has 0 aliphatic carbocycles. The molecule has 0 saturated carbocycles. The van der Waals surface area contributed by atoms with Crippen LogP contribution < -0.4 is 14.8 Å². The van der Waals surface area contributed by atoms with Crippen molar-refractivity contribution >= 4 is 0 Å². The van der Waals surface area contributed by atoms with Crippen LogP contribution in [-0.4, -0.2) is 45.3 Å². The molecule has 0 aromatic heterocycles. The number of benzene rings is 1. The number of nitrogens with one attached hydrogen (secondary N) is 1. The molecule has 0 amide bonds. The van der Waals surface area contributed by atoms with Gasteiger partial charge in [0.05, 0.1) is 14.2 Å². The van der Waals surface area contributed by atoms with Crippen LogP contribution in [0.2, 0.25) is 0 Å². The van der Waals surface area contributed by atoms with Gasteiger partial charge in [0, 0.05) is 25.2 Å². The number of para-hydroxylation sites is 1. The maximum Gasteiger partial charge on any atom is 0.165 e. The summed E-state index contributed by atoms with van der Waals surface area (Å²) in [5, 5.41) is 3.54. The van der Waals surface area contributed by atoms with Crippen molar-refractivity contribution in [2.24, 2.45) is 5.41 Å². The third-order valence-electron chi connectivity index (χ3n) is 4.95. The first kappa shape index (κ1) is 14.7. The van der Waals surface area contributed by atoms with E-state index in [0.29, 0.717) is 5.41 Å². The third-order valence-corrected chi connectivity index (χ3v) is 4.95. The molecular weight excluding hydrogens is 264 g/mol. The fourth-order valence-corrected chi connectivity index (χ4v) is 3.91. The summed E-state index contributed by atoms with van der Waals surface area (Å²) in [6, 6.07) is 6.16. The fourth-order valence-electron chi connectivity index (χ4n) is 3.91. The molecule has 1 aromatic carbocycles. The van der Waals surface area contributed by atoms with Gasteiger partial charge in [-0.1, -0.05) is 12.1 Å². The van der Waals surface area contributed by atoms with Gasteiger partial charge in [-0.05, 0) is 43.8 Å². The van der Waals surface area contributed by atoms with Crippen LogP contribution in [0, 0.1) is 5.41 Å². The van der Waals surface area contributed by atoms with Gasteiger partial charge >= 0.3 is 0 Å². The van der Waals surface area contributed by atoms with Crippen LogP contribution in [-0.2, 0) is 6.54 Å². The molecule has 2 saturated heterocycles. The number of methoxy groups -OCH3 is 2. The van der Waals surface area contributed by atoms with E-state index in [2.05, 4.69) is 16.3 Å². The zero-order valence-corrected chi connectivity index (χ0v) is 13.2. The molecule has 1 N–H and O–H groups in total. The van der Waals surface area contributed by atoms with Gasteiger partial charge in [-0.3, -0.25) is 4.90 Å². The highest BCUT2D eigenvalue weighted by Crippen LogP contribution is 2.37. The predicted molar refractivity (Wildman–Crippen MR) is 84.0 cm³/mol. The number of ether oxygens (including phenoxy) is 2. The van der Waals surface area contributed by atoms with Crippen molar-refractivity contribution in [1.82, 2.24) is 10.2 Å². The highest BCUT2D eigenvalue weighted by molar-refractivity contribution is 5.46. The van der Waals surface area contributed by atoms with E-state index in [1.807, 2.05) is 12.1 Å². The van der Waals surface area contributed by atoms with Crippen molar-refractivity contribution in [2.45, 2.75) is 25.8 Å². The van der Waals surface area contributed by atoms with Crippen molar-refractivity contribution in [3.8, 4) is 11.5 Å². The fraction of sp³-hybridized carbons (Fsp3) is 0.647. The summed E-state index contributed by atoms with van der Waals surface area (Å²) in [6.07, 6.45) is 3.98. The Balaban J connectivity index is 1.74. The second kappa shape index (κ2) is 6.24. The molecule has 0 radical (unpaired) electrons. The molecule has 4 heteroatoms. The minimum Gasteiger partial charge on any atom is -0.493 e. The quantitative estimate of drug-likeness (QED) is 0.922. The number of hydrogen-bond acceptors (Lipinski definition) is 4. The van der Waals surface area contributed by atoms with Crippen LogP contribution in [0.25, 0.3) is 0 Å². The zero-order chi connectivity index (χ0) is 14.7. The van der Waals surface area contributed by atoms with E-state index in [1.54, 1.807) is 14.2 Å². The van der Waals surface area contributed by atoms with Gasteiger partial charge in [0.1, 0.15) is 0 Å². The van der Waals surface area contributed by atoms with Crippen molar-refractivity contribution in [2.75, 3.05) is 40.4 Å². The van der Waals surface area contributed by atoms with E-state index >= 15 is 0 Å². The normalized spacial score (nSPS) is 26.2. The lowest BCUT2D eigenvalue weighted by Gasteiger charge is -2.40. The maximum atomic E-state index is 5.56. The van der Waals surface area contributed by atoms with Crippen molar-refractivity contribution in [1.29, 1.82) is 0 Å². The summed E-state index contributed by atoms with van der Waals surface area (Å²) >= 11 is 0. The Morgan fingerprint density at radius 2 is 2.14 bits per heavy atom. The van der Waals surface area contributed by atoms with Gasteiger partial charge in [-0.25, -0.2) is 0 Å². The van der Waals surface area contributed by atoms with Gasteiger partial charge in [0.2, 0.25) is 0 Å². The van der Waals surface area contributed by atoms with E-state index in [0.717, 1.165) is 18.0 Å². The predicted octanol–water partition coefficient (Wildman–Crippen LogP) is 2.28. The van der Waals surface area contributed by atoms with E-state index in [-0.39, 0.29) is 0 Å². The van der Waals surface area contributed by atoms with Crippen LogP contribution >= 0.6 is 0 Å². The zero-order valence-electron chi connectivity index (χ0n) is 13.2. The molecule has 2 aliphatic rings. The summed E-state index contributed by atoms with van der Waals surface area (Å²) in [4.78, 5) is 2.58. The summed E-state index contributed by atoms with van der Waals surface area (Å²) in [5.41, 5.74) is 1.73. The van der Waals surface area contributed by atoms with Crippen LogP contribution in [0.3, 0.4) is 0 Å². The standard InChI is InChI=1S/C17H26N2O2/c1-20-15-6-3-5-14(16(15)21-2)11-19-10-4-7-17(13-19)8-9-18-12-17/h3,5-6,18H,4,7-13H2,1-2H3/t17-/m0/s1. The van der Waals surface area contributed by atoms with Gasteiger partial charge in [0.25, 0.3) is 0 Å². The topological polar surface area (TPSA) is 33.7 Å². The van der Waals surface area contributed by atoms with Crippen molar-refractivity contribution in [3.63, 3.8) is 0 Å². The number of hydrogen-bond donors (Lipinski definition) is 1. The number of nitrogens with zero attached hydrogens (tertiary/aromatic N) is 1. The molecule has 2 heterocycles. The second-order valence-electron chi connectivity index (χ2n) is 6.39. The largest absolute Gasteiger partial charge is 0.493 e. The first-order chi connectivity index (χ1) is 10.3. The van der Waals surface area contributed by atoms with E-state index < -0.39 is 0 Å². The van der Waals surface area contributed by atoms with Gasteiger partial charge in [0.15, 0.2) is 11.5 Å². The Morgan fingerprint density at radius 3 is 2.86 bits per heavy atom. The van der Waals surface area contributed by atoms with Gasteiger partial charge in [-0.15, -0.1) is 0 Å². The smallest absolute Gasteiger partial charge is 0.165 e. The summed E-state index contributed by atoms with van der Waals surface area (Å²) in [5.74, 6) is 1.70. The van der Waals surface area contributed by atoms with E-state index in [9.17, 15) is 0 Å². The van der Waals surface area contributed by atoms with Crippen LogP contribution in [0.15, 0.2) is 18.2 Å². The summed E-state index contributed by atoms with van der Waals surface area (Å²) in [6.45, 7) is 5.68. The van der Waals surface area contributed by atoms with Crippen molar-refractivity contribution < 1.29 is 9.47 Å². The lowest BCUT2D eigenvalue weighted by Crippen LogP contribution is -2.44. The monoisotopic (exact) mass is 290 g/mol. The first-order valence-electron chi connectivity index (χ1n) is 7.89.